The Hall–Kier alpha value is -3.77. The normalized spacial score (nSPS) is 25.7. The molecular weight excluding hydrogens is 672 g/mol. The Kier molecular flexibility index (Phi) is 8.97. The Morgan fingerprint density at radius 2 is 1.86 bits per heavy atom. The minimum Gasteiger partial charge on any atom is -0.495 e. The van der Waals surface area contributed by atoms with E-state index in [2.05, 4.69) is 4.98 Å². The Morgan fingerprint density at radius 3 is 2.47 bits per heavy atom. The maximum Gasteiger partial charge on any atom is 0.248 e. The summed E-state index contributed by atoms with van der Waals surface area (Å²) in [6.45, 7) is 9.83. The molecule has 6 rings (SSSR count). The van der Waals surface area contributed by atoms with E-state index in [1.54, 1.807) is 36.1 Å². The number of nitrogens with zero attached hydrogens (tertiary/aromatic N) is 4. The molecule has 3 amide bonds. The second-order valence-electron chi connectivity index (χ2n) is 14.1. The van der Waals surface area contributed by atoms with Crippen molar-refractivity contribution in [1.82, 2.24) is 9.88 Å². The van der Waals surface area contributed by atoms with Gasteiger partial charge in [0.1, 0.15) is 34.4 Å². The molecule has 2 fully saturated rings. The number of methoxy groups -OCH3 is 1. The smallest absolute Gasteiger partial charge is 0.248 e. The Labute approximate surface area is 294 Å². The van der Waals surface area contributed by atoms with Crippen LogP contribution in [0.2, 0.25) is 10.2 Å². The van der Waals surface area contributed by atoms with Crippen molar-refractivity contribution in [3.05, 3.63) is 81.3 Å². The number of benzene rings is 2. The molecule has 3 N–H and O–H groups in total. The van der Waals surface area contributed by atoms with Crippen LogP contribution in [0.25, 0.3) is 0 Å². The Balaban J connectivity index is 1.69. The van der Waals surface area contributed by atoms with Crippen molar-refractivity contribution >= 4 is 52.3 Å². The number of hydrogen-bond acceptors (Lipinski definition) is 7. The van der Waals surface area contributed by atoms with Crippen LogP contribution in [0.5, 0.6) is 5.75 Å². The number of aliphatic hydroxyl groups is 1. The summed E-state index contributed by atoms with van der Waals surface area (Å²) in [5.41, 5.74) is 5.12. The molecule has 3 aromatic rings. The standard InChI is InChI=1S/C36H40Cl2FN5O5/c1-7-27-42(22-13-12-18(32(40)46)14-24(22)49-6)33(47)31-29(19-10-9-11-21(37)30(19)39)36(25(44(27)31)16-35(3,4)5)20-17-41-26(38)15-23(20)43(34(36)48)28(45)8-2/h9-15,17,25,27-29,31,45H,7-8,16H2,1-6H3,(H2,40,46)/t25-,27-,28?,29-,31+,36?/m0/s1. The fourth-order valence-corrected chi connectivity index (χ4v) is 8.67. The van der Waals surface area contributed by atoms with Crippen LogP contribution in [0.1, 0.15) is 81.3 Å². The van der Waals surface area contributed by atoms with Gasteiger partial charge in [-0.05, 0) is 60.6 Å². The molecule has 4 heterocycles. The second kappa shape index (κ2) is 12.5. The molecule has 2 saturated heterocycles. The number of carbonyl (C=O) groups excluding carboxylic acids is 3. The molecule has 49 heavy (non-hydrogen) atoms. The number of amides is 3. The Morgan fingerprint density at radius 1 is 1.14 bits per heavy atom. The molecule has 13 heteroatoms. The Bertz CT molecular complexity index is 1850. The van der Waals surface area contributed by atoms with Gasteiger partial charge in [0.25, 0.3) is 0 Å². The summed E-state index contributed by atoms with van der Waals surface area (Å²) in [4.78, 5) is 52.0. The van der Waals surface area contributed by atoms with E-state index < -0.39 is 58.9 Å². The number of aliphatic hydroxyl groups excluding tert-OH is 1. The van der Waals surface area contributed by atoms with E-state index in [1.807, 2.05) is 32.6 Å². The lowest BCUT2D eigenvalue weighted by molar-refractivity contribution is -0.127. The van der Waals surface area contributed by atoms with Gasteiger partial charge >= 0.3 is 0 Å². The van der Waals surface area contributed by atoms with Crippen molar-refractivity contribution in [2.24, 2.45) is 11.1 Å². The van der Waals surface area contributed by atoms with Gasteiger partial charge in [0.05, 0.1) is 29.7 Å². The molecule has 10 nitrogen and oxygen atoms in total. The number of anilines is 2. The van der Waals surface area contributed by atoms with Crippen LogP contribution in [0.4, 0.5) is 15.8 Å². The second-order valence-corrected chi connectivity index (χ2v) is 14.9. The quantitative estimate of drug-likeness (QED) is 0.274. The first-order valence-corrected chi connectivity index (χ1v) is 17.1. The van der Waals surface area contributed by atoms with Gasteiger partial charge in [-0.1, -0.05) is 70.0 Å². The molecule has 260 valence electrons. The van der Waals surface area contributed by atoms with Crippen LogP contribution < -0.4 is 20.3 Å². The van der Waals surface area contributed by atoms with E-state index in [0.29, 0.717) is 29.8 Å². The first-order valence-electron chi connectivity index (χ1n) is 16.3. The van der Waals surface area contributed by atoms with Gasteiger partial charge in [-0.25, -0.2) is 9.37 Å². The highest BCUT2D eigenvalue weighted by Crippen LogP contribution is 2.64. The fraction of sp³-hybridized carbons (Fsp3) is 0.444. The molecule has 3 aliphatic rings. The van der Waals surface area contributed by atoms with Crippen LogP contribution in [0.15, 0.2) is 48.7 Å². The largest absolute Gasteiger partial charge is 0.495 e. The van der Waals surface area contributed by atoms with Crippen LogP contribution in [-0.2, 0) is 15.0 Å². The van der Waals surface area contributed by atoms with E-state index in [4.69, 9.17) is 33.7 Å². The summed E-state index contributed by atoms with van der Waals surface area (Å²) >= 11 is 12.8. The van der Waals surface area contributed by atoms with E-state index >= 15 is 14.0 Å². The zero-order chi connectivity index (χ0) is 35.7. The third kappa shape index (κ3) is 5.19. The highest BCUT2D eigenvalue weighted by molar-refractivity contribution is 6.31. The van der Waals surface area contributed by atoms with Crippen LogP contribution in [0, 0.1) is 11.2 Å². The maximum atomic E-state index is 16.5. The zero-order valence-electron chi connectivity index (χ0n) is 28.2. The van der Waals surface area contributed by atoms with E-state index in [1.165, 1.54) is 36.4 Å². The molecule has 0 radical (unpaired) electrons. The summed E-state index contributed by atoms with van der Waals surface area (Å²) in [6, 6.07) is 9.02. The van der Waals surface area contributed by atoms with Crippen LogP contribution >= 0.6 is 23.2 Å². The number of halogens is 3. The molecule has 1 spiro atoms. The van der Waals surface area contributed by atoms with Crippen molar-refractivity contribution in [3.63, 3.8) is 0 Å². The number of fused-ring (bicyclic) bond motifs is 3. The SMILES string of the molecule is CCC(O)N1C(=O)C2(c3cnc(Cl)cc31)[C@H](CC(C)(C)C)N1[C@@H](C(=O)N(c3ccc(C(N)=O)cc3OC)[C@@H]1CC)[C@@H]2c1cccc(Cl)c1F. The zero-order valence-corrected chi connectivity index (χ0v) is 29.7. The lowest BCUT2D eigenvalue weighted by atomic mass is 9.62. The van der Waals surface area contributed by atoms with Crippen LogP contribution in [0.3, 0.4) is 0 Å². The van der Waals surface area contributed by atoms with E-state index in [-0.39, 0.29) is 39.4 Å². The topological polar surface area (TPSA) is 129 Å². The molecule has 0 bridgehead atoms. The van der Waals surface area contributed by atoms with Crippen molar-refractivity contribution < 1.29 is 28.6 Å². The van der Waals surface area contributed by atoms with Crippen LogP contribution in [-0.4, -0.2) is 64.3 Å². The summed E-state index contributed by atoms with van der Waals surface area (Å²) in [6.07, 6.45) is 0.721. The summed E-state index contributed by atoms with van der Waals surface area (Å²) < 4.78 is 22.2. The van der Waals surface area contributed by atoms with E-state index in [9.17, 15) is 9.90 Å². The third-order valence-corrected chi connectivity index (χ3v) is 10.6. The van der Waals surface area contributed by atoms with Crippen molar-refractivity contribution in [2.75, 3.05) is 16.9 Å². The molecule has 1 aromatic heterocycles. The number of rotatable bonds is 8. The van der Waals surface area contributed by atoms with Gasteiger partial charge in [0.2, 0.25) is 17.7 Å². The molecule has 6 atom stereocenters. The highest BCUT2D eigenvalue weighted by atomic mass is 35.5. The molecule has 2 unspecified atom stereocenters. The number of carbonyl (C=O) groups is 3. The number of hydrogen-bond donors (Lipinski definition) is 2. The van der Waals surface area contributed by atoms with Gasteiger partial charge in [0, 0.05) is 29.3 Å². The van der Waals surface area contributed by atoms with Crippen molar-refractivity contribution in [2.45, 2.75) is 89.7 Å². The summed E-state index contributed by atoms with van der Waals surface area (Å²) in [5, 5.41) is 11.3. The average Bonchev–Trinajstić information content (AvgIpc) is 3.59. The predicted octanol–water partition coefficient (Wildman–Crippen LogP) is 6.00. The van der Waals surface area contributed by atoms with Gasteiger partial charge in [-0.15, -0.1) is 0 Å². The number of nitrogens with two attached hydrogens (primary N) is 1. The summed E-state index contributed by atoms with van der Waals surface area (Å²) in [7, 11) is 1.44. The number of primary amides is 1. The minimum absolute atomic E-state index is 0.0992. The fourth-order valence-electron chi connectivity index (χ4n) is 8.33. The van der Waals surface area contributed by atoms with Crippen molar-refractivity contribution in [3.8, 4) is 5.75 Å². The van der Waals surface area contributed by atoms with E-state index in [0.717, 1.165) is 0 Å². The maximum absolute atomic E-state index is 16.5. The number of ether oxygens (including phenoxy) is 1. The van der Waals surface area contributed by atoms with Gasteiger partial charge in [0.15, 0.2) is 0 Å². The highest BCUT2D eigenvalue weighted by Gasteiger charge is 2.74. The lowest BCUT2D eigenvalue weighted by Gasteiger charge is -2.43. The third-order valence-electron chi connectivity index (χ3n) is 10.1. The average molecular weight is 713 g/mol. The molecule has 0 aliphatic carbocycles. The lowest BCUT2D eigenvalue weighted by Crippen LogP contribution is -2.57. The predicted molar refractivity (Wildman–Crippen MR) is 185 cm³/mol. The summed E-state index contributed by atoms with van der Waals surface area (Å²) in [5.74, 6) is -3.09. The van der Waals surface area contributed by atoms with Gasteiger partial charge < -0.3 is 15.6 Å². The number of aromatic nitrogens is 1. The van der Waals surface area contributed by atoms with Gasteiger partial charge in [-0.3, -0.25) is 29.1 Å². The molecule has 0 saturated carbocycles. The van der Waals surface area contributed by atoms with Gasteiger partial charge in [-0.2, -0.15) is 0 Å². The molecular formula is C36H40Cl2FN5O5. The number of pyridine rings is 1. The minimum atomic E-state index is -1.58. The first kappa shape index (κ1) is 35.1. The first-order chi connectivity index (χ1) is 23.1. The molecule has 3 aliphatic heterocycles. The molecule has 2 aromatic carbocycles. The van der Waals surface area contributed by atoms with Crippen molar-refractivity contribution in [1.29, 1.82) is 0 Å². The monoisotopic (exact) mass is 711 g/mol.